The average molecular weight is 414 g/mol. The van der Waals surface area contributed by atoms with E-state index in [1.807, 2.05) is 6.92 Å². The number of nitrogens with zero attached hydrogens (tertiary/aromatic N) is 1. The molecule has 24 heavy (non-hydrogen) atoms. The Morgan fingerprint density at radius 3 is 2.42 bits per heavy atom. The van der Waals surface area contributed by atoms with Gasteiger partial charge in [-0.2, -0.15) is 0 Å². The third kappa shape index (κ3) is 4.76. The van der Waals surface area contributed by atoms with Crippen molar-refractivity contribution in [2.45, 2.75) is 11.8 Å². The molecular weight excluding hydrogens is 398 g/mol. The molecule has 0 atom stereocenters. The highest BCUT2D eigenvalue weighted by atomic mass is 79.9. The number of sulfonamides is 1. The first-order valence-corrected chi connectivity index (χ1v) is 9.31. The zero-order valence-electron chi connectivity index (χ0n) is 12.8. The first kappa shape index (κ1) is 18.4. The molecule has 0 aromatic heterocycles. The molecule has 0 unspecified atom stereocenters. The normalized spacial score (nSPS) is 11.2. The third-order valence-electron chi connectivity index (χ3n) is 3.22. The van der Waals surface area contributed by atoms with Crippen LogP contribution in [0.2, 0.25) is 0 Å². The Hall–Kier alpha value is -1.97. The van der Waals surface area contributed by atoms with Crippen LogP contribution in [-0.4, -0.2) is 26.4 Å². The molecule has 0 aliphatic heterocycles. The van der Waals surface area contributed by atoms with Crippen molar-refractivity contribution in [2.24, 2.45) is 0 Å². The van der Waals surface area contributed by atoms with Crippen molar-refractivity contribution >= 4 is 37.3 Å². The van der Waals surface area contributed by atoms with Gasteiger partial charge in [-0.1, -0.05) is 33.6 Å². The van der Waals surface area contributed by atoms with E-state index in [2.05, 4.69) is 26.0 Å². The summed E-state index contributed by atoms with van der Waals surface area (Å²) >= 11 is 3.18. The maximum absolute atomic E-state index is 12.1. The molecule has 0 aliphatic carbocycles. The minimum atomic E-state index is -3.60. The molecule has 0 saturated carbocycles. The number of nitrogens with one attached hydrogen (secondary N) is 2. The average Bonchev–Trinajstić information content (AvgIpc) is 2.53. The largest absolute Gasteiger partial charge is 0.378 e. The summed E-state index contributed by atoms with van der Waals surface area (Å²) in [5, 5.41) is 13.9. The highest BCUT2D eigenvalue weighted by Crippen LogP contribution is 2.27. The smallest absolute Gasteiger partial charge is 0.293 e. The predicted molar refractivity (Wildman–Crippen MR) is 95.7 cm³/mol. The van der Waals surface area contributed by atoms with E-state index in [4.69, 9.17) is 0 Å². The van der Waals surface area contributed by atoms with Crippen molar-refractivity contribution in [1.82, 2.24) is 4.72 Å². The Bertz CT molecular complexity index is 838. The van der Waals surface area contributed by atoms with E-state index in [-0.39, 0.29) is 23.7 Å². The fourth-order valence-electron chi connectivity index (χ4n) is 1.99. The van der Waals surface area contributed by atoms with Gasteiger partial charge in [-0.3, -0.25) is 10.1 Å². The molecule has 2 N–H and O–H groups in total. The lowest BCUT2D eigenvalue weighted by atomic mass is 10.2. The van der Waals surface area contributed by atoms with E-state index in [0.717, 1.165) is 5.56 Å². The molecule has 0 spiro atoms. The summed E-state index contributed by atoms with van der Waals surface area (Å²) in [6.45, 7) is 2.19. The summed E-state index contributed by atoms with van der Waals surface area (Å²) in [7, 11) is -3.60. The summed E-state index contributed by atoms with van der Waals surface area (Å²) < 4.78 is 27.3. The van der Waals surface area contributed by atoms with Crippen LogP contribution in [0.25, 0.3) is 0 Å². The van der Waals surface area contributed by atoms with Crippen LogP contribution in [0.15, 0.2) is 51.8 Å². The Kier molecular flexibility index (Phi) is 5.92. The monoisotopic (exact) mass is 413 g/mol. The number of rotatable bonds is 7. The van der Waals surface area contributed by atoms with Crippen LogP contribution >= 0.6 is 15.9 Å². The SMILES string of the molecule is Cc1ccc(S(=O)(=O)NCCNc2ccc(Br)cc2[N+](=O)[O-])cc1. The second-order valence-electron chi connectivity index (χ2n) is 5.06. The molecule has 0 amide bonds. The van der Waals surface area contributed by atoms with Crippen molar-refractivity contribution in [1.29, 1.82) is 0 Å². The van der Waals surface area contributed by atoms with Crippen molar-refractivity contribution < 1.29 is 13.3 Å². The van der Waals surface area contributed by atoms with Crippen molar-refractivity contribution in [2.75, 3.05) is 18.4 Å². The van der Waals surface area contributed by atoms with Gasteiger partial charge in [-0.25, -0.2) is 13.1 Å². The Labute approximate surface area is 148 Å². The molecule has 9 heteroatoms. The molecule has 0 fully saturated rings. The van der Waals surface area contributed by atoms with Gasteiger partial charge < -0.3 is 5.32 Å². The van der Waals surface area contributed by atoms with Crippen LogP contribution in [0.4, 0.5) is 11.4 Å². The van der Waals surface area contributed by atoms with Crippen LogP contribution < -0.4 is 10.0 Å². The highest BCUT2D eigenvalue weighted by Gasteiger charge is 2.15. The summed E-state index contributed by atoms with van der Waals surface area (Å²) in [4.78, 5) is 10.7. The van der Waals surface area contributed by atoms with Gasteiger partial charge in [-0.15, -0.1) is 0 Å². The number of nitro benzene ring substituents is 1. The minimum absolute atomic E-state index is 0.0780. The lowest BCUT2D eigenvalue weighted by molar-refractivity contribution is -0.384. The van der Waals surface area contributed by atoms with Gasteiger partial charge in [0.2, 0.25) is 10.0 Å². The van der Waals surface area contributed by atoms with Crippen LogP contribution in [0, 0.1) is 17.0 Å². The maximum atomic E-state index is 12.1. The molecule has 0 radical (unpaired) electrons. The van der Waals surface area contributed by atoms with E-state index < -0.39 is 14.9 Å². The van der Waals surface area contributed by atoms with Gasteiger partial charge in [0, 0.05) is 23.6 Å². The molecule has 7 nitrogen and oxygen atoms in total. The zero-order valence-corrected chi connectivity index (χ0v) is 15.2. The summed E-state index contributed by atoms with van der Waals surface area (Å²) in [5.41, 5.74) is 1.22. The van der Waals surface area contributed by atoms with E-state index in [1.54, 1.807) is 24.3 Å². The molecule has 2 aromatic carbocycles. The Balaban J connectivity index is 1.96. The number of hydrogen-bond acceptors (Lipinski definition) is 5. The third-order valence-corrected chi connectivity index (χ3v) is 5.19. The fourth-order valence-corrected chi connectivity index (χ4v) is 3.37. The second kappa shape index (κ2) is 7.73. The molecular formula is C15H16BrN3O4S. The molecule has 0 aliphatic rings. The quantitative estimate of drug-likeness (QED) is 0.412. The Morgan fingerprint density at radius 2 is 1.79 bits per heavy atom. The molecule has 0 heterocycles. The first-order valence-electron chi connectivity index (χ1n) is 7.04. The van der Waals surface area contributed by atoms with Crippen LogP contribution in [0.3, 0.4) is 0 Å². The van der Waals surface area contributed by atoms with Gasteiger partial charge in [-0.05, 0) is 31.2 Å². The van der Waals surface area contributed by atoms with Crippen molar-refractivity contribution in [3.05, 3.63) is 62.6 Å². The minimum Gasteiger partial charge on any atom is -0.378 e. The van der Waals surface area contributed by atoms with E-state index >= 15 is 0 Å². The van der Waals surface area contributed by atoms with Gasteiger partial charge in [0.1, 0.15) is 5.69 Å². The highest BCUT2D eigenvalue weighted by molar-refractivity contribution is 9.10. The molecule has 128 valence electrons. The number of anilines is 1. The van der Waals surface area contributed by atoms with Crippen LogP contribution in [0.1, 0.15) is 5.56 Å². The van der Waals surface area contributed by atoms with Crippen LogP contribution in [-0.2, 0) is 10.0 Å². The van der Waals surface area contributed by atoms with E-state index in [0.29, 0.717) is 10.2 Å². The summed E-state index contributed by atoms with van der Waals surface area (Å²) in [5.74, 6) is 0. The van der Waals surface area contributed by atoms with Crippen molar-refractivity contribution in [3.8, 4) is 0 Å². The molecule has 0 bridgehead atoms. The lowest BCUT2D eigenvalue weighted by Gasteiger charge is -2.09. The number of benzene rings is 2. The van der Waals surface area contributed by atoms with Gasteiger partial charge in [0.15, 0.2) is 0 Å². The lowest BCUT2D eigenvalue weighted by Crippen LogP contribution is -2.29. The predicted octanol–water partition coefficient (Wildman–Crippen LogP) is 3.06. The fraction of sp³-hybridized carbons (Fsp3) is 0.200. The number of nitro groups is 1. The molecule has 2 aromatic rings. The standard InChI is InChI=1S/C15H16BrN3O4S/c1-11-2-5-13(6-3-11)24(22,23)18-9-8-17-14-7-4-12(16)10-15(14)19(20)21/h2-7,10,17-18H,8-9H2,1H3. The first-order chi connectivity index (χ1) is 11.3. The summed E-state index contributed by atoms with van der Waals surface area (Å²) in [6.07, 6.45) is 0. The van der Waals surface area contributed by atoms with E-state index in [1.165, 1.54) is 18.2 Å². The topological polar surface area (TPSA) is 101 Å². The summed E-state index contributed by atoms with van der Waals surface area (Å²) in [6, 6.07) is 11.1. The second-order valence-corrected chi connectivity index (χ2v) is 7.74. The molecule has 2 rings (SSSR count). The van der Waals surface area contributed by atoms with E-state index in [9.17, 15) is 18.5 Å². The van der Waals surface area contributed by atoms with Gasteiger partial charge in [0.05, 0.1) is 9.82 Å². The number of hydrogen-bond donors (Lipinski definition) is 2. The van der Waals surface area contributed by atoms with Gasteiger partial charge >= 0.3 is 0 Å². The van der Waals surface area contributed by atoms with Gasteiger partial charge in [0.25, 0.3) is 5.69 Å². The van der Waals surface area contributed by atoms with Crippen molar-refractivity contribution in [3.63, 3.8) is 0 Å². The molecule has 0 saturated heterocycles. The maximum Gasteiger partial charge on any atom is 0.293 e. The Morgan fingerprint density at radius 1 is 1.12 bits per heavy atom. The number of halogens is 1. The number of aryl methyl sites for hydroxylation is 1. The zero-order chi connectivity index (χ0) is 17.7. The van der Waals surface area contributed by atoms with Crippen LogP contribution in [0.5, 0.6) is 0 Å².